The van der Waals surface area contributed by atoms with Crippen molar-refractivity contribution in [3.8, 4) is 0 Å². The van der Waals surface area contributed by atoms with Crippen molar-refractivity contribution in [2.75, 3.05) is 0 Å². The summed E-state index contributed by atoms with van der Waals surface area (Å²) in [5.41, 5.74) is 7.22. The van der Waals surface area contributed by atoms with Gasteiger partial charge in [-0.15, -0.1) is 0 Å². The number of imidazole rings is 1. The molecule has 3 aromatic heterocycles. The molecule has 0 aliphatic heterocycles. The fourth-order valence-corrected chi connectivity index (χ4v) is 3.94. The Hall–Kier alpha value is -3.21. The molecule has 2 N–H and O–H groups in total. The molecule has 32 heavy (non-hydrogen) atoms. The zero-order chi connectivity index (χ0) is 23.0. The molecule has 1 aromatic carbocycles. The molecule has 4 rings (SSSR count). The minimum absolute atomic E-state index is 0.00728. The van der Waals surface area contributed by atoms with Crippen LogP contribution in [0.15, 0.2) is 47.5 Å². The van der Waals surface area contributed by atoms with E-state index in [0.717, 1.165) is 10.9 Å². The Morgan fingerprint density at radius 3 is 2.47 bits per heavy atom. The van der Waals surface area contributed by atoms with E-state index in [1.54, 1.807) is 22.8 Å². The highest BCUT2D eigenvalue weighted by molar-refractivity contribution is 5.82. The highest BCUT2D eigenvalue weighted by Crippen LogP contribution is 2.25. The van der Waals surface area contributed by atoms with Gasteiger partial charge in [0.25, 0.3) is 0 Å². The molecule has 0 amide bonds. The molecule has 0 spiro atoms. The van der Waals surface area contributed by atoms with Gasteiger partial charge in [-0.2, -0.15) is 13.2 Å². The van der Waals surface area contributed by atoms with E-state index in [4.69, 9.17) is 5.73 Å². The van der Waals surface area contributed by atoms with E-state index in [1.165, 1.54) is 23.0 Å². The smallest absolute Gasteiger partial charge is 0.343 e. The third kappa shape index (κ3) is 4.24. The number of rotatable bonds is 7. The Bertz CT molecular complexity index is 1320. The molecule has 0 aliphatic rings. The van der Waals surface area contributed by atoms with Crippen molar-refractivity contribution in [2.24, 2.45) is 5.73 Å². The summed E-state index contributed by atoms with van der Waals surface area (Å²) < 4.78 is 68.6. The Morgan fingerprint density at radius 1 is 1.00 bits per heavy atom. The number of benzene rings is 1. The van der Waals surface area contributed by atoms with Gasteiger partial charge in [0, 0.05) is 42.3 Å². The van der Waals surface area contributed by atoms with E-state index < -0.39 is 31.3 Å². The lowest BCUT2D eigenvalue weighted by atomic mass is 10.1. The summed E-state index contributed by atoms with van der Waals surface area (Å²) in [5.74, 6) is 0. The number of aryl methyl sites for hydroxylation is 1. The van der Waals surface area contributed by atoms with Gasteiger partial charge in [0.1, 0.15) is 6.54 Å². The first-order valence-corrected chi connectivity index (χ1v) is 9.87. The number of hydrogen-bond acceptors (Lipinski definition) is 3. The lowest BCUT2D eigenvalue weighted by molar-refractivity contribution is -0.140. The van der Waals surface area contributed by atoms with Gasteiger partial charge in [-0.3, -0.25) is 14.1 Å². The van der Waals surface area contributed by atoms with Crippen LogP contribution in [0.3, 0.4) is 0 Å². The Morgan fingerprint density at radius 2 is 1.78 bits per heavy atom. The van der Waals surface area contributed by atoms with Crippen LogP contribution in [-0.4, -0.2) is 31.3 Å². The minimum Gasteiger partial charge on any atom is -0.343 e. The standard InChI is InChI=1S/C21H20F5N5O/c22-19(23)4-6-29-15(8-14-7-13(9-27)1-2-16(14)29)11-30-18-10-28-5-3-17(18)31(20(30)32)12-21(24,25)26/h1-3,5,7-8,10,19H,4,6,9,11-12,27H2. The summed E-state index contributed by atoms with van der Waals surface area (Å²) in [4.78, 5) is 16.9. The number of fused-ring (bicyclic) bond motifs is 2. The topological polar surface area (TPSA) is 70.8 Å². The molecule has 0 saturated carbocycles. The average Bonchev–Trinajstić information content (AvgIpc) is 3.21. The number of hydrogen-bond donors (Lipinski definition) is 1. The van der Waals surface area contributed by atoms with Gasteiger partial charge in [0.2, 0.25) is 6.43 Å². The zero-order valence-corrected chi connectivity index (χ0v) is 16.8. The molecule has 0 fully saturated rings. The van der Waals surface area contributed by atoms with E-state index in [2.05, 4.69) is 4.98 Å². The van der Waals surface area contributed by atoms with Crippen LogP contribution in [-0.2, 0) is 26.2 Å². The highest BCUT2D eigenvalue weighted by atomic mass is 19.4. The van der Waals surface area contributed by atoms with Crippen molar-refractivity contribution in [3.63, 3.8) is 0 Å². The lowest BCUT2D eigenvalue weighted by Gasteiger charge is -2.12. The first kappa shape index (κ1) is 22.0. The van der Waals surface area contributed by atoms with E-state index in [9.17, 15) is 26.7 Å². The van der Waals surface area contributed by atoms with Crippen LogP contribution in [0.5, 0.6) is 0 Å². The van der Waals surface area contributed by atoms with Gasteiger partial charge in [0.15, 0.2) is 0 Å². The average molecular weight is 453 g/mol. The van der Waals surface area contributed by atoms with Crippen molar-refractivity contribution >= 4 is 21.9 Å². The summed E-state index contributed by atoms with van der Waals surface area (Å²) >= 11 is 0. The van der Waals surface area contributed by atoms with Crippen molar-refractivity contribution in [1.29, 1.82) is 0 Å². The third-order valence-electron chi connectivity index (χ3n) is 5.34. The van der Waals surface area contributed by atoms with Crippen molar-refractivity contribution in [1.82, 2.24) is 18.7 Å². The van der Waals surface area contributed by atoms with E-state index in [-0.39, 0.29) is 24.1 Å². The van der Waals surface area contributed by atoms with Gasteiger partial charge in [0.05, 0.1) is 23.8 Å². The molecule has 0 aliphatic carbocycles. The van der Waals surface area contributed by atoms with Crippen molar-refractivity contribution in [2.45, 2.75) is 45.2 Å². The van der Waals surface area contributed by atoms with Gasteiger partial charge in [-0.05, 0) is 29.8 Å². The molecule has 4 aromatic rings. The predicted molar refractivity (Wildman–Crippen MR) is 110 cm³/mol. The number of pyridine rings is 1. The maximum absolute atomic E-state index is 13.1. The van der Waals surface area contributed by atoms with Crippen LogP contribution in [0, 0.1) is 0 Å². The maximum atomic E-state index is 13.1. The molecular weight excluding hydrogens is 433 g/mol. The third-order valence-corrected chi connectivity index (χ3v) is 5.34. The van der Waals surface area contributed by atoms with Crippen LogP contribution >= 0.6 is 0 Å². The van der Waals surface area contributed by atoms with Crippen LogP contribution in [0.1, 0.15) is 17.7 Å². The molecule has 0 unspecified atom stereocenters. The normalized spacial score (nSPS) is 12.5. The summed E-state index contributed by atoms with van der Waals surface area (Å²) in [6.07, 6.45) is -4.88. The van der Waals surface area contributed by atoms with Crippen LogP contribution < -0.4 is 11.4 Å². The minimum atomic E-state index is -4.59. The summed E-state index contributed by atoms with van der Waals surface area (Å²) in [7, 11) is 0. The van der Waals surface area contributed by atoms with Gasteiger partial charge >= 0.3 is 11.9 Å². The molecule has 170 valence electrons. The van der Waals surface area contributed by atoms with Crippen LogP contribution in [0.4, 0.5) is 22.0 Å². The second-order valence-corrected chi connectivity index (χ2v) is 7.50. The van der Waals surface area contributed by atoms with Crippen LogP contribution in [0.2, 0.25) is 0 Å². The Labute approximate surface area is 178 Å². The fourth-order valence-electron chi connectivity index (χ4n) is 3.94. The fraction of sp³-hybridized carbons (Fsp3) is 0.333. The molecule has 3 heterocycles. The van der Waals surface area contributed by atoms with Crippen molar-refractivity contribution < 1.29 is 22.0 Å². The molecule has 0 saturated heterocycles. The number of aromatic nitrogens is 4. The predicted octanol–water partition coefficient (Wildman–Crippen LogP) is 3.88. The van der Waals surface area contributed by atoms with Gasteiger partial charge in [-0.1, -0.05) is 6.07 Å². The summed E-state index contributed by atoms with van der Waals surface area (Å²) in [6, 6.07) is 8.48. The summed E-state index contributed by atoms with van der Waals surface area (Å²) in [6.45, 7) is -1.24. The first-order chi connectivity index (χ1) is 15.2. The zero-order valence-electron chi connectivity index (χ0n) is 16.8. The first-order valence-electron chi connectivity index (χ1n) is 9.87. The lowest BCUT2D eigenvalue weighted by Crippen LogP contribution is -2.30. The molecule has 0 bridgehead atoms. The number of halogens is 5. The van der Waals surface area contributed by atoms with Crippen molar-refractivity contribution in [3.05, 3.63) is 64.5 Å². The second kappa shape index (κ2) is 8.38. The quantitative estimate of drug-likeness (QED) is 0.432. The molecule has 0 radical (unpaired) electrons. The Balaban J connectivity index is 1.85. The van der Waals surface area contributed by atoms with E-state index >= 15 is 0 Å². The number of nitrogens with two attached hydrogens (primary N) is 1. The number of alkyl halides is 5. The number of nitrogens with zero attached hydrogens (tertiary/aromatic N) is 4. The summed E-state index contributed by atoms with van der Waals surface area (Å²) in [5, 5.41) is 0.752. The SMILES string of the molecule is NCc1ccc2c(c1)cc(Cn1c(=O)n(CC(F)(F)F)c3ccncc31)n2CCC(F)F. The Kier molecular flexibility index (Phi) is 5.76. The molecule has 0 atom stereocenters. The monoisotopic (exact) mass is 453 g/mol. The molecular formula is C21H20F5N5O. The molecule has 6 nitrogen and oxygen atoms in total. The van der Waals surface area contributed by atoms with Crippen LogP contribution in [0.25, 0.3) is 21.9 Å². The van der Waals surface area contributed by atoms with E-state index in [0.29, 0.717) is 22.3 Å². The van der Waals surface area contributed by atoms with E-state index in [1.807, 2.05) is 6.07 Å². The largest absolute Gasteiger partial charge is 0.406 e. The molecule has 11 heteroatoms. The highest BCUT2D eigenvalue weighted by Gasteiger charge is 2.31. The van der Waals surface area contributed by atoms with Gasteiger partial charge < -0.3 is 10.3 Å². The second-order valence-electron chi connectivity index (χ2n) is 7.50. The van der Waals surface area contributed by atoms with Gasteiger partial charge in [-0.25, -0.2) is 13.6 Å². The maximum Gasteiger partial charge on any atom is 0.406 e.